The monoisotopic (exact) mass is 268 g/mol. The predicted octanol–water partition coefficient (Wildman–Crippen LogP) is -0.0347. The molecule has 0 atom stereocenters. The second kappa shape index (κ2) is 7.82. The van der Waals surface area contributed by atoms with E-state index in [0.717, 1.165) is 65.2 Å². The second-order valence-corrected chi connectivity index (χ2v) is 5.70. The Kier molecular flexibility index (Phi) is 6.07. The van der Waals surface area contributed by atoms with Crippen LogP contribution >= 0.6 is 0 Å². The minimum Gasteiger partial charge on any atom is -0.342 e. The lowest BCUT2D eigenvalue weighted by Gasteiger charge is -2.23. The van der Waals surface area contributed by atoms with Gasteiger partial charge in [0.25, 0.3) is 0 Å². The molecule has 0 bridgehead atoms. The van der Waals surface area contributed by atoms with E-state index in [1.807, 2.05) is 4.90 Å². The van der Waals surface area contributed by atoms with Crippen LogP contribution in [-0.4, -0.2) is 79.5 Å². The molecule has 2 N–H and O–H groups in total. The van der Waals surface area contributed by atoms with Crippen LogP contribution in [0.3, 0.4) is 0 Å². The van der Waals surface area contributed by atoms with Crippen molar-refractivity contribution in [3.05, 3.63) is 0 Å². The third kappa shape index (κ3) is 4.75. The minimum atomic E-state index is 0.327. The molecule has 0 saturated carbocycles. The summed E-state index contributed by atoms with van der Waals surface area (Å²) < 4.78 is 0. The van der Waals surface area contributed by atoms with Crippen molar-refractivity contribution in [3.8, 4) is 0 Å². The maximum absolute atomic E-state index is 12.1. The van der Waals surface area contributed by atoms with Crippen LogP contribution in [0.2, 0.25) is 0 Å². The van der Waals surface area contributed by atoms with Crippen molar-refractivity contribution >= 4 is 5.91 Å². The van der Waals surface area contributed by atoms with Crippen molar-refractivity contribution in [2.24, 2.45) is 5.73 Å². The molecule has 0 aromatic carbocycles. The van der Waals surface area contributed by atoms with Gasteiger partial charge in [0.1, 0.15) is 0 Å². The van der Waals surface area contributed by atoms with Crippen LogP contribution in [0.25, 0.3) is 0 Å². The lowest BCUT2D eigenvalue weighted by Crippen LogP contribution is -2.40. The number of nitrogens with zero attached hydrogens (tertiary/aromatic N) is 3. The number of hydrogen-bond donors (Lipinski definition) is 1. The van der Waals surface area contributed by atoms with E-state index in [1.54, 1.807) is 0 Å². The van der Waals surface area contributed by atoms with Crippen molar-refractivity contribution in [1.82, 2.24) is 14.7 Å². The van der Waals surface area contributed by atoms with E-state index in [0.29, 0.717) is 12.5 Å². The number of amides is 1. The van der Waals surface area contributed by atoms with Gasteiger partial charge in [-0.2, -0.15) is 0 Å². The van der Waals surface area contributed by atoms with Crippen LogP contribution in [0.5, 0.6) is 0 Å². The number of likely N-dealkylation sites (tertiary alicyclic amines) is 1. The highest BCUT2D eigenvalue weighted by atomic mass is 16.2. The molecular weight excluding hydrogens is 240 g/mol. The number of carbonyl (C=O) groups excluding carboxylic acids is 1. The highest BCUT2D eigenvalue weighted by Gasteiger charge is 2.22. The van der Waals surface area contributed by atoms with E-state index in [9.17, 15) is 4.79 Å². The van der Waals surface area contributed by atoms with E-state index in [1.165, 1.54) is 12.8 Å². The molecule has 0 aromatic rings. The number of carbonyl (C=O) groups is 1. The van der Waals surface area contributed by atoms with Crippen LogP contribution < -0.4 is 5.73 Å². The first kappa shape index (κ1) is 14.8. The average Bonchev–Trinajstić information content (AvgIpc) is 2.86. The summed E-state index contributed by atoms with van der Waals surface area (Å²) in [6.45, 7) is 8.72. The summed E-state index contributed by atoms with van der Waals surface area (Å²) in [6, 6.07) is 0. The zero-order valence-electron chi connectivity index (χ0n) is 12.0. The Morgan fingerprint density at radius 1 is 0.895 bits per heavy atom. The van der Waals surface area contributed by atoms with Gasteiger partial charge in [0, 0.05) is 26.2 Å². The zero-order chi connectivity index (χ0) is 13.5. The molecule has 19 heavy (non-hydrogen) atoms. The molecule has 2 aliphatic rings. The van der Waals surface area contributed by atoms with Gasteiger partial charge in [-0.1, -0.05) is 0 Å². The second-order valence-electron chi connectivity index (χ2n) is 5.70. The van der Waals surface area contributed by atoms with Crippen LogP contribution in [0.15, 0.2) is 0 Å². The molecule has 0 radical (unpaired) electrons. The van der Waals surface area contributed by atoms with E-state index in [-0.39, 0.29) is 0 Å². The fourth-order valence-corrected chi connectivity index (χ4v) is 2.98. The van der Waals surface area contributed by atoms with Crippen LogP contribution in [-0.2, 0) is 4.79 Å². The molecule has 0 aliphatic carbocycles. The Labute approximate surface area is 116 Å². The maximum Gasteiger partial charge on any atom is 0.236 e. The first-order valence-corrected chi connectivity index (χ1v) is 7.72. The highest BCUT2D eigenvalue weighted by molar-refractivity contribution is 5.78. The van der Waals surface area contributed by atoms with Gasteiger partial charge in [0.2, 0.25) is 5.91 Å². The number of nitrogens with two attached hydrogens (primary N) is 1. The molecule has 2 saturated heterocycles. The maximum atomic E-state index is 12.1. The van der Waals surface area contributed by atoms with Crippen molar-refractivity contribution in [1.29, 1.82) is 0 Å². The molecule has 1 amide bonds. The van der Waals surface area contributed by atoms with E-state index in [4.69, 9.17) is 5.73 Å². The lowest BCUT2D eigenvalue weighted by atomic mass is 10.3. The fraction of sp³-hybridized carbons (Fsp3) is 0.929. The molecule has 110 valence electrons. The summed E-state index contributed by atoms with van der Waals surface area (Å²) in [6.07, 6.45) is 4.60. The third-order valence-corrected chi connectivity index (χ3v) is 4.18. The first-order chi connectivity index (χ1) is 9.29. The molecule has 2 fully saturated rings. The van der Waals surface area contributed by atoms with Gasteiger partial charge in [-0.05, 0) is 51.9 Å². The van der Waals surface area contributed by atoms with Crippen molar-refractivity contribution in [3.63, 3.8) is 0 Å². The number of rotatable bonds is 5. The van der Waals surface area contributed by atoms with Gasteiger partial charge in [0.05, 0.1) is 6.54 Å². The largest absolute Gasteiger partial charge is 0.342 e. The zero-order valence-corrected chi connectivity index (χ0v) is 12.0. The number of hydrogen-bond acceptors (Lipinski definition) is 4. The Hall–Kier alpha value is -0.650. The quantitative estimate of drug-likeness (QED) is 0.760. The van der Waals surface area contributed by atoms with E-state index < -0.39 is 0 Å². The van der Waals surface area contributed by atoms with Gasteiger partial charge in [-0.15, -0.1) is 0 Å². The summed E-state index contributed by atoms with van der Waals surface area (Å²) in [4.78, 5) is 19.0. The van der Waals surface area contributed by atoms with Crippen molar-refractivity contribution in [2.45, 2.75) is 25.7 Å². The third-order valence-electron chi connectivity index (χ3n) is 4.18. The molecule has 5 nitrogen and oxygen atoms in total. The SMILES string of the molecule is NCCCN1CCCN(CC(=O)N2CCCC2)CC1. The average molecular weight is 268 g/mol. The Morgan fingerprint density at radius 3 is 2.32 bits per heavy atom. The van der Waals surface area contributed by atoms with E-state index >= 15 is 0 Å². The summed E-state index contributed by atoms with van der Waals surface area (Å²) in [5, 5.41) is 0. The van der Waals surface area contributed by atoms with Crippen LogP contribution in [0, 0.1) is 0 Å². The predicted molar refractivity (Wildman–Crippen MR) is 77.0 cm³/mol. The normalized spacial score (nSPS) is 22.7. The summed E-state index contributed by atoms with van der Waals surface area (Å²) in [7, 11) is 0. The Bertz CT molecular complexity index is 279. The van der Waals surface area contributed by atoms with Crippen molar-refractivity contribution < 1.29 is 4.79 Å². The lowest BCUT2D eigenvalue weighted by molar-refractivity contribution is -0.131. The smallest absolute Gasteiger partial charge is 0.236 e. The molecular formula is C14H28N4O. The molecule has 0 spiro atoms. The highest BCUT2D eigenvalue weighted by Crippen LogP contribution is 2.09. The van der Waals surface area contributed by atoms with Crippen LogP contribution in [0.4, 0.5) is 0 Å². The van der Waals surface area contributed by atoms with Gasteiger partial charge >= 0.3 is 0 Å². The van der Waals surface area contributed by atoms with Crippen LogP contribution in [0.1, 0.15) is 25.7 Å². The summed E-state index contributed by atoms with van der Waals surface area (Å²) in [5.41, 5.74) is 5.56. The van der Waals surface area contributed by atoms with Gasteiger partial charge in [-0.3, -0.25) is 9.69 Å². The fourth-order valence-electron chi connectivity index (χ4n) is 2.98. The molecule has 5 heteroatoms. The molecule has 0 aromatic heterocycles. The first-order valence-electron chi connectivity index (χ1n) is 7.72. The molecule has 2 heterocycles. The van der Waals surface area contributed by atoms with Crippen molar-refractivity contribution in [2.75, 3.05) is 58.9 Å². The van der Waals surface area contributed by atoms with Gasteiger partial charge in [-0.25, -0.2) is 0 Å². The molecule has 2 aliphatic heterocycles. The van der Waals surface area contributed by atoms with Gasteiger partial charge in [0.15, 0.2) is 0 Å². The Morgan fingerprint density at radius 2 is 1.58 bits per heavy atom. The standard InChI is InChI=1S/C14H28N4O/c15-5-3-6-16-7-4-8-17(12-11-16)13-14(19)18-9-1-2-10-18/h1-13,15H2. The minimum absolute atomic E-state index is 0.327. The summed E-state index contributed by atoms with van der Waals surface area (Å²) in [5.74, 6) is 0.327. The Balaban J connectivity index is 1.71. The van der Waals surface area contributed by atoms with Gasteiger partial charge < -0.3 is 15.5 Å². The topological polar surface area (TPSA) is 52.8 Å². The molecule has 0 unspecified atom stereocenters. The molecule has 2 rings (SSSR count). The summed E-state index contributed by atoms with van der Waals surface area (Å²) >= 11 is 0. The van der Waals surface area contributed by atoms with E-state index in [2.05, 4.69) is 9.80 Å².